The summed E-state index contributed by atoms with van der Waals surface area (Å²) in [5, 5.41) is 0. The van der Waals surface area contributed by atoms with Gasteiger partial charge in [0.05, 0.1) is 0 Å². The van der Waals surface area contributed by atoms with Crippen molar-refractivity contribution in [1.82, 2.24) is 4.57 Å². The minimum absolute atomic E-state index is 0.00942. The Kier molecular flexibility index (Phi) is 4.10. The molecule has 0 amide bonds. The normalized spacial score (nSPS) is 14.2. The number of aromatic nitrogens is 1. The van der Waals surface area contributed by atoms with E-state index in [0.717, 1.165) is 5.69 Å². The van der Waals surface area contributed by atoms with Gasteiger partial charge in [-0.25, -0.2) is 0 Å². The van der Waals surface area contributed by atoms with Crippen molar-refractivity contribution in [2.75, 3.05) is 5.75 Å². The quantitative estimate of drug-likeness (QED) is 0.874. The lowest BCUT2D eigenvalue weighted by Gasteiger charge is -2.12. The second kappa shape index (κ2) is 4.94. The fourth-order valence-electron chi connectivity index (χ4n) is 1.30. The number of nitrogens with two attached hydrogens (primary N) is 1. The minimum Gasteiger partial charge on any atom is -0.349 e. The second-order valence-corrected chi connectivity index (χ2v) is 4.37. The molecule has 0 fully saturated rings. The molecule has 6 heteroatoms. The van der Waals surface area contributed by atoms with Crippen LogP contribution in [-0.2, 0) is 6.54 Å². The number of thioether (sulfide) groups is 1. The van der Waals surface area contributed by atoms with Crippen molar-refractivity contribution >= 4 is 11.8 Å². The molecule has 1 aromatic rings. The average molecular weight is 238 g/mol. The van der Waals surface area contributed by atoms with Crippen molar-refractivity contribution in [1.29, 1.82) is 0 Å². The average Bonchev–Trinajstić information content (AvgIpc) is 2.49. The summed E-state index contributed by atoms with van der Waals surface area (Å²) in [7, 11) is 0. The minimum atomic E-state index is -4.15. The molecule has 2 N–H and O–H groups in total. The van der Waals surface area contributed by atoms with Crippen LogP contribution in [0.2, 0.25) is 0 Å². The van der Waals surface area contributed by atoms with Crippen LogP contribution in [0, 0.1) is 0 Å². The molecule has 86 valence electrons. The molecule has 0 radical (unpaired) electrons. The van der Waals surface area contributed by atoms with Crippen LogP contribution >= 0.6 is 11.8 Å². The van der Waals surface area contributed by atoms with Crippen LogP contribution < -0.4 is 5.73 Å². The molecule has 0 aromatic carbocycles. The van der Waals surface area contributed by atoms with E-state index >= 15 is 0 Å². The van der Waals surface area contributed by atoms with E-state index in [-0.39, 0.29) is 23.6 Å². The maximum Gasteiger partial charge on any atom is 0.441 e. The van der Waals surface area contributed by atoms with E-state index in [0.29, 0.717) is 6.54 Å². The fraction of sp³-hybridized carbons (Fsp3) is 0.556. The van der Waals surface area contributed by atoms with Gasteiger partial charge < -0.3 is 10.3 Å². The van der Waals surface area contributed by atoms with E-state index in [4.69, 9.17) is 5.73 Å². The number of aryl methyl sites for hydroxylation is 1. The molecule has 1 atom stereocenters. The number of alkyl halides is 3. The summed E-state index contributed by atoms with van der Waals surface area (Å²) in [6, 6.07) is 3.45. The Morgan fingerprint density at radius 3 is 2.73 bits per heavy atom. The zero-order valence-electron chi connectivity index (χ0n) is 8.29. The number of rotatable bonds is 4. The highest BCUT2D eigenvalue weighted by Crippen LogP contribution is 2.30. The lowest BCUT2D eigenvalue weighted by atomic mass is 10.2. The Hall–Kier alpha value is -0.620. The van der Waals surface area contributed by atoms with Gasteiger partial charge in [-0.3, -0.25) is 0 Å². The van der Waals surface area contributed by atoms with Gasteiger partial charge in [-0.2, -0.15) is 13.2 Å². The SMILES string of the molecule is CC(N)c1cccn1CCSC(F)(F)F. The number of halogens is 3. The summed E-state index contributed by atoms with van der Waals surface area (Å²) >= 11 is -0.00942. The summed E-state index contributed by atoms with van der Waals surface area (Å²) in [5.41, 5.74) is 2.37. The molecule has 1 aromatic heterocycles. The van der Waals surface area contributed by atoms with Crippen LogP contribution in [0.5, 0.6) is 0 Å². The van der Waals surface area contributed by atoms with E-state index in [1.165, 1.54) is 0 Å². The first-order valence-electron chi connectivity index (χ1n) is 4.51. The molecule has 1 rings (SSSR count). The van der Waals surface area contributed by atoms with Gasteiger partial charge in [0.25, 0.3) is 0 Å². The Balaban J connectivity index is 2.47. The summed E-state index contributed by atoms with van der Waals surface area (Å²) < 4.78 is 37.4. The Bertz CT molecular complexity index is 307. The molecular weight excluding hydrogens is 225 g/mol. The van der Waals surface area contributed by atoms with E-state index < -0.39 is 5.51 Å². The number of hydrogen-bond acceptors (Lipinski definition) is 2. The zero-order valence-corrected chi connectivity index (χ0v) is 9.11. The zero-order chi connectivity index (χ0) is 11.5. The first-order valence-corrected chi connectivity index (χ1v) is 5.50. The van der Waals surface area contributed by atoms with Gasteiger partial charge in [0.1, 0.15) is 0 Å². The molecule has 1 heterocycles. The summed E-state index contributed by atoms with van der Waals surface area (Å²) in [4.78, 5) is 0. The standard InChI is InChI=1S/C9H13F3N2S/c1-7(13)8-3-2-4-14(8)5-6-15-9(10,11)12/h2-4,7H,5-6,13H2,1H3. The number of nitrogens with zero attached hydrogens (tertiary/aromatic N) is 1. The molecule has 0 aliphatic rings. The van der Waals surface area contributed by atoms with Crippen LogP contribution in [-0.4, -0.2) is 15.8 Å². The van der Waals surface area contributed by atoms with Crippen LogP contribution in [0.25, 0.3) is 0 Å². The first-order chi connectivity index (χ1) is 6.90. The van der Waals surface area contributed by atoms with E-state index in [2.05, 4.69) is 0 Å². The lowest BCUT2D eigenvalue weighted by molar-refractivity contribution is -0.0328. The smallest absolute Gasteiger partial charge is 0.349 e. The van der Waals surface area contributed by atoms with Crippen LogP contribution in [0.1, 0.15) is 18.7 Å². The van der Waals surface area contributed by atoms with Crippen LogP contribution in [0.15, 0.2) is 18.3 Å². The molecule has 0 aliphatic heterocycles. The van der Waals surface area contributed by atoms with Crippen molar-refractivity contribution < 1.29 is 13.2 Å². The predicted octanol–water partition coefficient (Wildman–Crippen LogP) is 2.76. The van der Waals surface area contributed by atoms with Crippen LogP contribution in [0.4, 0.5) is 13.2 Å². The van der Waals surface area contributed by atoms with Crippen molar-refractivity contribution in [2.45, 2.75) is 25.0 Å². The molecule has 15 heavy (non-hydrogen) atoms. The van der Waals surface area contributed by atoms with E-state index in [1.807, 2.05) is 13.0 Å². The van der Waals surface area contributed by atoms with Gasteiger partial charge in [-0.1, -0.05) is 0 Å². The predicted molar refractivity (Wildman–Crippen MR) is 55.5 cm³/mol. The third-order valence-electron chi connectivity index (χ3n) is 1.93. The van der Waals surface area contributed by atoms with Crippen molar-refractivity contribution in [2.24, 2.45) is 5.73 Å². The second-order valence-electron chi connectivity index (χ2n) is 3.21. The van der Waals surface area contributed by atoms with Crippen molar-refractivity contribution in [3.63, 3.8) is 0 Å². The van der Waals surface area contributed by atoms with E-state index in [1.54, 1.807) is 16.8 Å². The van der Waals surface area contributed by atoms with E-state index in [9.17, 15) is 13.2 Å². The summed E-state index contributed by atoms with van der Waals surface area (Å²) in [6.07, 6.45) is 1.75. The molecule has 1 unspecified atom stereocenters. The van der Waals surface area contributed by atoms with Crippen molar-refractivity contribution in [3.05, 3.63) is 24.0 Å². The maximum atomic E-state index is 11.9. The van der Waals surface area contributed by atoms with Crippen LogP contribution in [0.3, 0.4) is 0 Å². The monoisotopic (exact) mass is 238 g/mol. The highest BCUT2D eigenvalue weighted by atomic mass is 32.2. The molecule has 0 saturated heterocycles. The summed E-state index contributed by atoms with van der Waals surface area (Å²) in [6.45, 7) is 2.14. The molecule has 2 nitrogen and oxygen atoms in total. The van der Waals surface area contributed by atoms with Gasteiger partial charge in [-0.15, -0.1) is 0 Å². The fourth-order valence-corrected chi connectivity index (χ4v) is 1.82. The topological polar surface area (TPSA) is 30.9 Å². The highest BCUT2D eigenvalue weighted by molar-refractivity contribution is 8.00. The van der Waals surface area contributed by atoms with Gasteiger partial charge in [-0.05, 0) is 30.8 Å². The molecule has 0 spiro atoms. The van der Waals surface area contributed by atoms with Gasteiger partial charge in [0, 0.05) is 30.2 Å². The Labute approximate surface area is 90.6 Å². The molecular formula is C9H13F3N2S. The lowest BCUT2D eigenvalue weighted by Crippen LogP contribution is -2.14. The third kappa shape index (κ3) is 4.17. The highest BCUT2D eigenvalue weighted by Gasteiger charge is 2.27. The molecule has 0 aliphatic carbocycles. The van der Waals surface area contributed by atoms with Gasteiger partial charge >= 0.3 is 5.51 Å². The largest absolute Gasteiger partial charge is 0.441 e. The summed E-state index contributed by atoms with van der Waals surface area (Å²) in [5.74, 6) is 0.0118. The first kappa shape index (κ1) is 12.4. The maximum absolute atomic E-state index is 11.9. The molecule has 0 saturated carbocycles. The Morgan fingerprint density at radius 2 is 2.20 bits per heavy atom. The van der Waals surface area contributed by atoms with Gasteiger partial charge in [0.15, 0.2) is 0 Å². The van der Waals surface area contributed by atoms with Gasteiger partial charge in [0.2, 0.25) is 0 Å². The number of hydrogen-bond donors (Lipinski definition) is 1. The van der Waals surface area contributed by atoms with Crippen molar-refractivity contribution in [3.8, 4) is 0 Å². The Morgan fingerprint density at radius 1 is 1.53 bits per heavy atom. The molecule has 0 bridgehead atoms. The third-order valence-corrected chi connectivity index (χ3v) is 2.64.